The molecule has 0 aliphatic carbocycles. The molecule has 0 amide bonds. The number of carbonyl (C=O) groups excluding carboxylic acids is 1. The van der Waals surface area contributed by atoms with E-state index in [2.05, 4.69) is 55.4 Å². The van der Waals surface area contributed by atoms with E-state index in [0.29, 0.717) is 16.1 Å². The minimum Gasteiger partial charge on any atom is -0.358 e. The van der Waals surface area contributed by atoms with Gasteiger partial charge in [0.05, 0.1) is 10.3 Å². The van der Waals surface area contributed by atoms with Gasteiger partial charge in [-0.15, -0.1) is 0 Å². The summed E-state index contributed by atoms with van der Waals surface area (Å²) < 4.78 is 0. The Hall–Kier alpha value is 0.594. The number of hydrogen-bond acceptors (Lipinski definition) is 1. The average molecular weight is 321 g/mol. The van der Waals surface area contributed by atoms with Crippen LogP contribution in [0.3, 0.4) is 0 Å². The zero-order valence-corrected chi connectivity index (χ0v) is 16.1. The Morgan fingerprint density at radius 1 is 0.944 bits per heavy atom. The van der Waals surface area contributed by atoms with E-state index in [-0.39, 0.29) is 23.9 Å². The largest absolute Gasteiger partial charge is 2.00 e. The first-order chi connectivity index (χ1) is 6.96. The average Bonchev–Trinajstić information content (AvgIpc) is 1.97. The Labute approximate surface area is 128 Å². The molecule has 0 atom stereocenters. The quantitative estimate of drug-likeness (QED) is 0.386. The van der Waals surface area contributed by atoms with E-state index < -0.39 is 7.92 Å². The predicted molar refractivity (Wildman–Crippen MR) is 85.7 cm³/mol. The summed E-state index contributed by atoms with van der Waals surface area (Å²) in [6, 6.07) is 0. The van der Waals surface area contributed by atoms with E-state index in [1.807, 2.05) is 0 Å². The number of rotatable bonds is 2. The summed E-state index contributed by atoms with van der Waals surface area (Å²) in [5.74, 6) is 0.346. The molecule has 0 rings (SSSR count). The van der Waals surface area contributed by atoms with Crippen LogP contribution in [0.15, 0.2) is 0 Å². The molecule has 0 aliphatic heterocycles. The normalized spacial score (nSPS) is 10.8. The SMILES string of the molecule is CC(=O)C[PH+](C(C)(C)C)C(C)(C)C.CCC.[CH3-].[Ni+2]. The van der Waals surface area contributed by atoms with Crippen LogP contribution in [0.5, 0.6) is 0 Å². The fraction of sp³-hybridized carbons (Fsp3) is 0.867. The summed E-state index contributed by atoms with van der Waals surface area (Å²) in [7, 11) is -0.625. The molecule has 0 spiro atoms. The second-order valence-corrected chi connectivity index (χ2v) is 10.9. The summed E-state index contributed by atoms with van der Waals surface area (Å²) in [5, 5.41) is 0.628. The Morgan fingerprint density at radius 2 is 1.17 bits per heavy atom. The van der Waals surface area contributed by atoms with E-state index in [9.17, 15) is 4.79 Å². The van der Waals surface area contributed by atoms with Crippen molar-refractivity contribution >= 4 is 13.7 Å². The molecule has 0 aromatic rings. The standard InChI is InChI=1S/C11H23OP.C3H8.CH3.Ni/c1-9(12)8-13(10(2,3)4)11(5,6)7;1-3-2;;/h8H2,1-7H3;3H2,1-2H3;1H3;/q;;-1;+2/p+1. The van der Waals surface area contributed by atoms with Gasteiger partial charge in [-0.05, 0) is 48.5 Å². The van der Waals surface area contributed by atoms with Crippen LogP contribution >= 0.6 is 7.92 Å². The van der Waals surface area contributed by atoms with Crippen molar-refractivity contribution in [3.63, 3.8) is 0 Å². The molecule has 1 nitrogen and oxygen atoms in total. The van der Waals surface area contributed by atoms with Gasteiger partial charge in [-0.2, -0.15) is 0 Å². The Morgan fingerprint density at radius 3 is 1.22 bits per heavy atom. The Bertz CT molecular complexity index is 188. The molecule has 0 saturated heterocycles. The Balaban J connectivity index is -0.000000177. The van der Waals surface area contributed by atoms with Crippen LogP contribution < -0.4 is 0 Å². The van der Waals surface area contributed by atoms with Crippen molar-refractivity contribution in [2.24, 2.45) is 0 Å². The van der Waals surface area contributed by atoms with Gasteiger partial charge in [-0.25, -0.2) is 0 Å². The zero-order valence-electron chi connectivity index (χ0n) is 14.1. The third-order valence-electron chi connectivity index (χ3n) is 2.24. The number of ketones is 1. The molecule has 0 fully saturated rings. The number of hydrogen-bond donors (Lipinski definition) is 0. The molecule has 0 aromatic carbocycles. The first kappa shape index (κ1) is 27.0. The molecule has 0 unspecified atom stereocenters. The van der Waals surface area contributed by atoms with Gasteiger partial charge in [0.1, 0.15) is 6.16 Å². The van der Waals surface area contributed by atoms with E-state index in [1.165, 1.54) is 6.42 Å². The van der Waals surface area contributed by atoms with E-state index in [0.717, 1.165) is 6.16 Å². The number of Topliss-reactive ketones (excluding diaryl/α,β-unsaturated/α-hetero) is 1. The molecule has 0 aliphatic rings. The molecule has 0 saturated carbocycles. The van der Waals surface area contributed by atoms with Gasteiger partial charge >= 0.3 is 16.5 Å². The van der Waals surface area contributed by atoms with Crippen molar-refractivity contribution in [2.75, 3.05) is 6.16 Å². The van der Waals surface area contributed by atoms with Crippen LogP contribution in [-0.4, -0.2) is 22.3 Å². The molecule has 3 heteroatoms. The molecule has 18 heavy (non-hydrogen) atoms. The summed E-state index contributed by atoms with van der Waals surface area (Å²) in [5.41, 5.74) is 0. The van der Waals surface area contributed by atoms with E-state index >= 15 is 0 Å². The maximum atomic E-state index is 11.2. The maximum absolute atomic E-state index is 11.2. The van der Waals surface area contributed by atoms with Crippen LogP contribution in [0.4, 0.5) is 0 Å². The zero-order chi connectivity index (χ0) is 13.6. The molecule has 114 valence electrons. The second kappa shape index (κ2) is 11.4. The topological polar surface area (TPSA) is 17.1 Å². The van der Waals surface area contributed by atoms with Crippen molar-refractivity contribution < 1.29 is 21.3 Å². The molecule has 0 aromatic heterocycles. The fourth-order valence-corrected chi connectivity index (χ4v) is 5.71. The minimum atomic E-state index is -0.625. The van der Waals surface area contributed by atoms with Crippen molar-refractivity contribution in [1.82, 2.24) is 0 Å². The molecule has 0 heterocycles. The molecule has 0 N–H and O–H groups in total. The van der Waals surface area contributed by atoms with Crippen LogP contribution in [-0.2, 0) is 21.3 Å². The van der Waals surface area contributed by atoms with Crippen LogP contribution in [0.2, 0.25) is 0 Å². The van der Waals surface area contributed by atoms with Crippen molar-refractivity contribution in [2.45, 2.75) is 79.0 Å². The van der Waals surface area contributed by atoms with Crippen LogP contribution in [0.25, 0.3) is 0 Å². The summed E-state index contributed by atoms with van der Waals surface area (Å²) in [4.78, 5) is 11.2. The van der Waals surface area contributed by atoms with Crippen LogP contribution in [0.1, 0.15) is 68.7 Å². The van der Waals surface area contributed by atoms with Crippen LogP contribution in [0, 0.1) is 7.43 Å². The van der Waals surface area contributed by atoms with Gasteiger partial charge in [-0.1, -0.05) is 20.3 Å². The fourth-order valence-electron chi connectivity index (χ4n) is 1.90. The summed E-state index contributed by atoms with van der Waals surface area (Å²) in [6.45, 7) is 19.5. The first-order valence-electron chi connectivity index (χ1n) is 6.33. The smallest absolute Gasteiger partial charge is 0.358 e. The first-order valence-corrected chi connectivity index (χ1v) is 8.03. The van der Waals surface area contributed by atoms with Crippen molar-refractivity contribution in [3.05, 3.63) is 7.43 Å². The minimum absolute atomic E-state index is 0. The van der Waals surface area contributed by atoms with Crippen molar-refractivity contribution in [1.29, 1.82) is 0 Å². The Kier molecular flexibility index (Phi) is 17.1. The van der Waals surface area contributed by atoms with Gasteiger partial charge in [-0.3, -0.25) is 4.79 Å². The summed E-state index contributed by atoms with van der Waals surface area (Å²) in [6.07, 6.45) is 2.05. The third-order valence-corrected chi connectivity index (χ3v) is 6.71. The van der Waals surface area contributed by atoms with Gasteiger partial charge in [0.2, 0.25) is 0 Å². The predicted octanol–water partition coefficient (Wildman–Crippen LogP) is 5.25. The molecule has 0 bridgehead atoms. The maximum Gasteiger partial charge on any atom is 2.00 e. The molecule has 0 radical (unpaired) electrons. The van der Waals surface area contributed by atoms with Gasteiger partial charge in [0, 0.05) is 7.92 Å². The van der Waals surface area contributed by atoms with Gasteiger partial charge in [0.25, 0.3) is 0 Å². The monoisotopic (exact) mass is 320 g/mol. The second-order valence-electron chi connectivity index (χ2n) is 6.56. The summed E-state index contributed by atoms with van der Waals surface area (Å²) >= 11 is 0. The molecular formula is C15H35NiOP+2. The molecular weight excluding hydrogens is 286 g/mol. The van der Waals surface area contributed by atoms with E-state index in [4.69, 9.17) is 0 Å². The third kappa shape index (κ3) is 14.7. The van der Waals surface area contributed by atoms with Gasteiger partial charge in [0.15, 0.2) is 5.78 Å². The number of carbonyl (C=O) groups is 1. The van der Waals surface area contributed by atoms with Gasteiger partial charge < -0.3 is 7.43 Å². The van der Waals surface area contributed by atoms with Crippen molar-refractivity contribution in [3.8, 4) is 0 Å². The van der Waals surface area contributed by atoms with E-state index in [1.54, 1.807) is 6.92 Å².